The van der Waals surface area contributed by atoms with E-state index in [4.69, 9.17) is 0 Å². The van der Waals surface area contributed by atoms with Crippen LogP contribution in [0.3, 0.4) is 0 Å². The van der Waals surface area contributed by atoms with Crippen LogP contribution >= 0.6 is 0 Å². The summed E-state index contributed by atoms with van der Waals surface area (Å²) in [6, 6.07) is 11.0. The maximum absolute atomic E-state index is 13.3. The highest BCUT2D eigenvalue weighted by molar-refractivity contribution is 5.83. The van der Waals surface area contributed by atoms with E-state index in [1.54, 1.807) is 0 Å². The number of aliphatic hydroxyl groups is 1. The summed E-state index contributed by atoms with van der Waals surface area (Å²) in [6.07, 6.45) is 0.506. The number of aliphatic hydroxyl groups excluding tert-OH is 1. The van der Waals surface area contributed by atoms with E-state index in [1.165, 1.54) is 6.07 Å². The third-order valence-corrected chi connectivity index (χ3v) is 5.00. The molecule has 4 rings (SSSR count). The van der Waals surface area contributed by atoms with E-state index in [0.29, 0.717) is 18.4 Å². The molecule has 0 unspecified atom stereocenters. The Bertz CT molecular complexity index is 808. The zero-order valence-electron chi connectivity index (χ0n) is 12.9. The molecule has 2 aromatic rings. The third-order valence-electron chi connectivity index (χ3n) is 5.00. The van der Waals surface area contributed by atoms with Crippen molar-refractivity contribution in [3.05, 3.63) is 70.8 Å². The van der Waals surface area contributed by atoms with E-state index in [9.17, 15) is 18.7 Å². The molecule has 2 aliphatic carbocycles. The molecule has 4 atom stereocenters. The van der Waals surface area contributed by atoms with Gasteiger partial charge in [-0.15, -0.1) is 0 Å². The van der Waals surface area contributed by atoms with E-state index < -0.39 is 23.8 Å². The Morgan fingerprint density at radius 3 is 2.71 bits per heavy atom. The van der Waals surface area contributed by atoms with E-state index in [0.717, 1.165) is 23.3 Å². The van der Waals surface area contributed by atoms with Gasteiger partial charge in [0.25, 0.3) is 0 Å². The first-order valence-corrected chi connectivity index (χ1v) is 8.06. The summed E-state index contributed by atoms with van der Waals surface area (Å²) >= 11 is 0. The van der Waals surface area contributed by atoms with E-state index in [2.05, 4.69) is 5.32 Å². The lowest BCUT2D eigenvalue weighted by Crippen LogP contribution is -2.35. The van der Waals surface area contributed by atoms with Gasteiger partial charge < -0.3 is 10.4 Å². The number of rotatable bonds is 3. The SMILES string of the molecule is O=C(N[C@@H]1c2ccccc2C[C@@H]1O)[C@H]1C[C@@H]1c1ccc(F)c(F)c1. The van der Waals surface area contributed by atoms with Crippen molar-refractivity contribution in [2.75, 3.05) is 0 Å². The van der Waals surface area contributed by atoms with Crippen LogP contribution in [0.2, 0.25) is 0 Å². The molecule has 2 aromatic carbocycles. The molecule has 24 heavy (non-hydrogen) atoms. The molecule has 2 N–H and O–H groups in total. The summed E-state index contributed by atoms with van der Waals surface area (Å²) in [4.78, 5) is 12.5. The lowest BCUT2D eigenvalue weighted by atomic mass is 10.1. The second kappa shape index (κ2) is 5.67. The minimum Gasteiger partial charge on any atom is -0.390 e. The van der Waals surface area contributed by atoms with Gasteiger partial charge in [0.05, 0.1) is 12.1 Å². The fraction of sp³-hybridized carbons (Fsp3) is 0.316. The Kier molecular flexibility index (Phi) is 3.61. The van der Waals surface area contributed by atoms with Gasteiger partial charge in [0.2, 0.25) is 5.91 Å². The van der Waals surface area contributed by atoms with Crippen LogP contribution in [0.4, 0.5) is 8.78 Å². The molecule has 0 heterocycles. The Hall–Kier alpha value is -2.27. The molecule has 1 amide bonds. The van der Waals surface area contributed by atoms with Crippen LogP contribution in [0, 0.1) is 17.6 Å². The van der Waals surface area contributed by atoms with Crippen molar-refractivity contribution in [2.45, 2.75) is 30.9 Å². The maximum atomic E-state index is 13.3. The fourth-order valence-electron chi connectivity index (χ4n) is 3.60. The van der Waals surface area contributed by atoms with Crippen molar-refractivity contribution < 1.29 is 18.7 Å². The van der Waals surface area contributed by atoms with Gasteiger partial charge in [0.1, 0.15) is 0 Å². The summed E-state index contributed by atoms with van der Waals surface area (Å²) in [5.74, 6) is -2.26. The molecule has 0 spiro atoms. The Morgan fingerprint density at radius 1 is 1.12 bits per heavy atom. The van der Waals surface area contributed by atoms with Crippen molar-refractivity contribution in [3.63, 3.8) is 0 Å². The van der Waals surface area contributed by atoms with Gasteiger partial charge in [-0.2, -0.15) is 0 Å². The van der Waals surface area contributed by atoms with Crippen molar-refractivity contribution in [1.82, 2.24) is 5.32 Å². The molecule has 0 aromatic heterocycles. The number of benzene rings is 2. The topological polar surface area (TPSA) is 49.3 Å². The molecule has 1 saturated carbocycles. The largest absolute Gasteiger partial charge is 0.390 e. The molecule has 1 fully saturated rings. The average molecular weight is 329 g/mol. The predicted octanol–water partition coefficient (Wildman–Crippen LogP) is 2.84. The van der Waals surface area contributed by atoms with Crippen molar-refractivity contribution in [1.29, 1.82) is 0 Å². The molecule has 0 radical (unpaired) electrons. The number of fused-ring (bicyclic) bond motifs is 1. The Labute approximate surface area is 138 Å². The first kappa shape index (κ1) is 15.3. The predicted molar refractivity (Wildman–Crippen MR) is 84.2 cm³/mol. The standard InChI is InChI=1S/C19H17F2NO2/c20-15-6-5-11(7-16(15)21)13-9-14(13)19(24)22-18-12-4-2-1-3-10(12)8-17(18)23/h1-7,13-14,17-18,23H,8-9H2,(H,22,24)/t13-,14+,17+,18-/m1/s1. The number of hydrogen-bond acceptors (Lipinski definition) is 2. The minimum absolute atomic E-state index is 0.0890. The highest BCUT2D eigenvalue weighted by atomic mass is 19.2. The highest BCUT2D eigenvalue weighted by Gasteiger charge is 2.45. The number of nitrogens with one attached hydrogen (secondary N) is 1. The van der Waals surface area contributed by atoms with Gasteiger partial charge in [0.15, 0.2) is 11.6 Å². The zero-order valence-corrected chi connectivity index (χ0v) is 12.9. The molecule has 0 saturated heterocycles. The summed E-state index contributed by atoms with van der Waals surface area (Å²) in [5.41, 5.74) is 2.63. The maximum Gasteiger partial charge on any atom is 0.224 e. The summed E-state index contributed by atoms with van der Waals surface area (Å²) in [7, 11) is 0. The van der Waals surface area contributed by atoms with Crippen LogP contribution in [-0.2, 0) is 11.2 Å². The van der Waals surface area contributed by atoms with E-state index in [1.807, 2.05) is 24.3 Å². The fourth-order valence-corrected chi connectivity index (χ4v) is 3.60. The van der Waals surface area contributed by atoms with Crippen molar-refractivity contribution in [3.8, 4) is 0 Å². The Morgan fingerprint density at radius 2 is 1.92 bits per heavy atom. The van der Waals surface area contributed by atoms with Crippen LogP contribution < -0.4 is 5.32 Å². The van der Waals surface area contributed by atoms with Gasteiger partial charge in [0, 0.05) is 12.3 Å². The quantitative estimate of drug-likeness (QED) is 0.910. The number of hydrogen-bond donors (Lipinski definition) is 2. The second-order valence-electron chi connectivity index (χ2n) is 6.58. The van der Waals surface area contributed by atoms with Gasteiger partial charge >= 0.3 is 0 Å². The monoisotopic (exact) mass is 329 g/mol. The lowest BCUT2D eigenvalue weighted by Gasteiger charge is -2.18. The number of halogens is 2. The van der Waals surface area contributed by atoms with Crippen molar-refractivity contribution in [2.24, 2.45) is 5.92 Å². The number of carbonyl (C=O) groups is 1. The number of carbonyl (C=O) groups excluding carboxylic acids is 1. The second-order valence-corrected chi connectivity index (χ2v) is 6.58. The Balaban J connectivity index is 1.46. The molecular formula is C19H17F2NO2. The average Bonchev–Trinajstić information content (AvgIpc) is 3.30. The van der Waals surface area contributed by atoms with Crippen molar-refractivity contribution >= 4 is 5.91 Å². The first-order chi connectivity index (χ1) is 11.5. The third kappa shape index (κ3) is 2.59. The summed E-state index contributed by atoms with van der Waals surface area (Å²) in [5, 5.41) is 13.1. The van der Waals surface area contributed by atoms with Crippen LogP contribution in [0.5, 0.6) is 0 Å². The van der Waals surface area contributed by atoms with E-state index in [-0.39, 0.29) is 17.7 Å². The molecular weight excluding hydrogens is 312 g/mol. The lowest BCUT2D eigenvalue weighted by molar-refractivity contribution is -0.123. The van der Waals surface area contributed by atoms with Crippen LogP contribution in [0.1, 0.15) is 35.1 Å². The first-order valence-electron chi connectivity index (χ1n) is 8.06. The molecule has 124 valence electrons. The smallest absolute Gasteiger partial charge is 0.224 e. The highest BCUT2D eigenvalue weighted by Crippen LogP contribution is 2.48. The molecule has 0 aliphatic heterocycles. The number of amides is 1. The molecule has 2 aliphatic rings. The minimum atomic E-state index is -0.890. The van der Waals surface area contributed by atoms with Crippen LogP contribution in [0.25, 0.3) is 0 Å². The van der Waals surface area contributed by atoms with Gasteiger partial charge in [-0.05, 0) is 41.2 Å². The molecule has 0 bridgehead atoms. The zero-order chi connectivity index (χ0) is 16.8. The molecule has 5 heteroatoms. The van der Waals surface area contributed by atoms with Crippen LogP contribution in [0.15, 0.2) is 42.5 Å². The van der Waals surface area contributed by atoms with Gasteiger partial charge in [-0.1, -0.05) is 30.3 Å². The summed E-state index contributed by atoms with van der Waals surface area (Å²) in [6.45, 7) is 0. The van der Waals surface area contributed by atoms with Crippen LogP contribution in [-0.4, -0.2) is 17.1 Å². The van der Waals surface area contributed by atoms with Gasteiger partial charge in [-0.25, -0.2) is 8.78 Å². The normalized spacial score (nSPS) is 27.6. The van der Waals surface area contributed by atoms with Gasteiger partial charge in [-0.3, -0.25) is 4.79 Å². The summed E-state index contributed by atoms with van der Waals surface area (Å²) < 4.78 is 26.3. The molecule has 3 nitrogen and oxygen atoms in total. The van der Waals surface area contributed by atoms with E-state index >= 15 is 0 Å².